The Balaban J connectivity index is 3.14. The molecule has 3 unspecified atom stereocenters. The minimum Gasteiger partial charge on any atom is -0.481 e. The first-order valence-corrected chi connectivity index (χ1v) is 5.66. The second-order valence-electron chi connectivity index (χ2n) is 4.89. The summed E-state index contributed by atoms with van der Waals surface area (Å²) in [6.45, 7) is 0.812. The first kappa shape index (κ1) is 18.4. The molecule has 1 saturated heterocycles. The van der Waals surface area contributed by atoms with Crippen molar-refractivity contribution in [1.29, 1.82) is 0 Å². The lowest BCUT2D eigenvalue weighted by Gasteiger charge is -2.28. The molecular weight excluding hydrogens is 326 g/mol. The minimum atomic E-state index is -5.41. The highest BCUT2D eigenvalue weighted by molar-refractivity contribution is 5.95. The Kier molecular flexibility index (Phi) is 4.59. The number of rotatable bonds is 4. The van der Waals surface area contributed by atoms with Crippen LogP contribution in [-0.2, 0) is 14.4 Å². The summed E-state index contributed by atoms with van der Waals surface area (Å²) in [6, 6.07) is -2.35. The number of nitrogens with one attached hydrogen (secondary N) is 2. The molecule has 1 aliphatic rings. The summed E-state index contributed by atoms with van der Waals surface area (Å²) in [6.07, 6.45) is -14.2. The summed E-state index contributed by atoms with van der Waals surface area (Å²) in [5, 5.41) is 12.1. The van der Waals surface area contributed by atoms with Crippen LogP contribution in [0.4, 0.5) is 26.3 Å². The Labute approximate surface area is 118 Å². The van der Waals surface area contributed by atoms with Gasteiger partial charge in [-0.15, -0.1) is 0 Å². The van der Waals surface area contributed by atoms with E-state index in [0.717, 1.165) is 6.92 Å². The van der Waals surface area contributed by atoms with Gasteiger partial charge in [-0.05, 0) is 6.92 Å². The fourth-order valence-corrected chi connectivity index (χ4v) is 2.11. The van der Waals surface area contributed by atoms with E-state index in [1.54, 1.807) is 5.32 Å². The van der Waals surface area contributed by atoms with Gasteiger partial charge in [-0.1, -0.05) is 0 Å². The normalized spacial score (nSPS) is 29.4. The Morgan fingerprint density at radius 1 is 1.05 bits per heavy atom. The summed E-state index contributed by atoms with van der Waals surface area (Å²) < 4.78 is 74.4. The van der Waals surface area contributed by atoms with Gasteiger partial charge in [-0.25, -0.2) is 0 Å². The van der Waals surface area contributed by atoms with E-state index >= 15 is 0 Å². The van der Waals surface area contributed by atoms with Crippen LogP contribution in [0.5, 0.6) is 0 Å². The van der Waals surface area contributed by atoms with Gasteiger partial charge in [-0.2, -0.15) is 26.3 Å². The van der Waals surface area contributed by atoms with Crippen molar-refractivity contribution in [3.05, 3.63) is 0 Å². The van der Waals surface area contributed by atoms with E-state index < -0.39 is 54.1 Å². The number of carbonyl (C=O) groups is 3. The SMILES string of the molecule is CC1(CC(=O)O)NC(C(=O)C(F)(F)F)NC1C(=O)C(F)(F)F. The molecule has 22 heavy (non-hydrogen) atoms. The number of carboxylic acids is 1. The molecule has 12 heteroatoms. The smallest absolute Gasteiger partial charge is 0.453 e. The maximum absolute atomic E-state index is 12.5. The number of alkyl halides is 6. The molecule has 3 N–H and O–H groups in total. The summed E-state index contributed by atoms with van der Waals surface area (Å²) in [5.41, 5.74) is -2.22. The van der Waals surface area contributed by atoms with Gasteiger partial charge in [0.05, 0.1) is 18.0 Å². The maximum atomic E-state index is 12.5. The molecule has 0 saturated carbocycles. The molecule has 0 amide bonds. The van der Waals surface area contributed by atoms with Gasteiger partial charge >= 0.3 is 18.3 Å². The molecule has 1 rings (SSSR count). The number of hydrogen-bond donors (Lipinski definition) is 3. The number of aliphatic carboxylic acids is 1. The van der Waals surface area contributed by atoms with Gasteiger partial charge in [0.2, 0.25) is 0 Å². The quantitative estimate of drug-likeness (QED) is 0.642. The van der Waals surface area contributed by atoms with Crippen molar-refractivity contribution in [2.45, 2.75) is 43.4 Å². The molecular formula is C10H10F6N2O4. The number of carbonyl (C=O) groups excluding carboxylic acids is 2. The molecule has 1 fully saturated rings. The zero-order valence-corrected chi connectivity index (χ0v) is 10.8. The largest absolute Gasteiger partial charge is 0.481 e. The summed E-state index contributed by atoms with van der Waals surface area (Å²) in [4.78, 5) is 33.0. The van der Waals surface area contributed by atoms with E-state index in [1.807, 2.05) is 5.32 Å². The molecule has 0 bridgehead atoms. The van der Waals surface area contributed by atoms with Crippen LogP contribution in [0.25, 0.3) is 0 Å². The highest BCUT2D eigenvalue weighted by Gasteiger charge is 2.59. The first-order valence-electron chi connectivity index (χ1n) is 5.66. The van der Waals surface area contributed by atoms with Crippen LogP contribution in [0, 0.1) is 0 Å². The van der Waals surface area contributed by atoms with Crippen LogP contribution in [0.3, 0.4) is 0 Å². The van der Waals surface area contributed by atoms with Crippen LogP contribution in [0.2, 0.25) is 0 Å². The lowest BCUT2D eigenvalue weighted by Crippen LogP contribution is -2.55. The van der Waals surface area contributed by atoms with Crippen molar-refractivity contribution in [2.24, 2.45) is 0 Å². The standard InChI is InChI=1S/C10H10F6N2O4/c1-8(2-3(19)20)4(5(21)9(11,12)13)17-7(18-8)6(22)10(14,15)16/h4,7,17-18H,2H2,1H3,(H,19,20). The van der Waals surface area contributed by atoms with E-state index in [0.29, 0.717) is 0 Å². The van der Waals surface area contributed by atoms with E-state index in [1.165, 1.54) is 0 Å². The summed E-state index contributed by atoms with van der Waals surface area (Å²) >= 11 is 0. The molecule has 0 aliphatic carbocycles. The van der Waals surface area contributed by atoms with E-state index in [9.17, 15) is 40.7 Å². The fraction of sp³-hybridized carbons (Fsp3) is 0.700. The fourth-order valence-electron chi connectivity index (χ4n) is 2.11. The van der Waals surface area contributed by atoms with E-state index in [-0.39, 0.29) is 0 Å². The average Bonchev–Trinajstić information content (AvgIpc) is 2.60. The van der Waals surface area contributed by atoms with Crippen molar-refractivity contribution in [2.75, 3.05) is 0 Å². The Bertz CT molecular complexity index is 503. The average molecular weight is 336 g/mol. The van der Waals surface area contributed by atoms with Crippen LogP contribution in [-0.4, -0.2) is 52.7 Å². The molecule has 0 radical (unpaired) electrons. The van der Waals surface area contributed by atoms with Gasteiger partial charge in [-0.3, -0.25) is 25.0 Å². The lowest BCUT2D eigenvalue weighted by molar-refractivity contribution is -0.175. The minimum absolute atomic E-state index is 0.812. The highest BCUT2D eigenvalue weighted by atomic mass is 19.4. The van der Waals surface area contributed by atoms with Crippen molar-refractivity contribution in [1.82, 2.24) is 10.6 Å². The van der Waals surface area contributed by atoms with Crippen molar-refractivity contribution in [3.63, 3.8) is 0 Å². The monoisotopic (exact) mass is 336 g/mol. The Hall–Kier alpha value is -1.69. The van der Waals surface area contributed by atoms with Crippen molar-refractivity contribution >= 4 is 17.5 Å². The van der Waals surface area contributed by atoms with Gasteiger partial charge in [0, 0.05) is 0 Å². The topological polar surface area (TPSA) is 95.5 Å². The summed E-state index contributed by atoms with van der Waals surface area (Å²) in [7, 11) is 0. The second-order valence-corrected chi connectivity index (χ2v) is 4.89. The molecule has 0 spiro atoms. The third-order valence-corrected chi connectivity index (χ3v) is 3.05. The summed E-state index contributed by atoms with van der Waals surface area (Å²) in [5.74, 6) is -6.58. The van der Waals surface area contributed by atoms with Crippen LogP contribution >= 0.6 is 0 Å². The van der Waals surface area contributed by atoms with Crippen molar-refractivity contribution in [3.8, 4) is 0 Å². The molecule has 1 heterocycles. The van der Waals surface area contributed by atoms with Gasteiger partial charge in [0.15, 0.2) is 0 Å². The Morgan fingerprint density at radius 2 is 1.50 bits per heavy atom. The predicted octanol–water partition coefficient (Wildman–Crippen LogP) is 0.370. The van der Waals surface area contributed by atoms with Crippen LogP contribution in [0.15, 0.2) is 0 Å². The zero-order chi connectivity index (χ0) is 17.5. The molecule has 3 atom stereocenters. The number of halogens is 6. The third kappa shape index (κ3) is 3.74. The van der Waals surface area contributed by atoms with Gasteiger partial charge in [0.25, 0.3) is 11.6 Å². The predicted molar refractivity (Wildman–Crippen MR) is 56.6 cm³/mol. The number of carboxylic acid groups (broad SMARTS) is 1. The first-order chi connectivity index (χ1) is 9.68. The van der Waals surface area contributed by atoms with Gasteiger partial charge in [0.1, 0.15) is 6.17 Å². The molecule has 6 nitrogen and oxygen atoms in total. The number of ketones is 2. The Morgan fingerprint density at radius 3 is 1.86 bits per heavy atom. The number of hydrogen-bond acceptors (Lipinski definition) is 5. The molecule has 0 aromatic rings. The van der Waals surface area contributed by atoms with Crippen LogP contribution < -0.4 is 10.6 Å². The molecule has 0 aromatic heterocycles. The van der Waals surface area contributed by atoms with E-state index in [2.05, 4.69) is 0 Å². The van der Waals surface area contributed by atoms with Crippen LogP contribution in [0.1, 0.15) is 13.3 Å². The maximum Gasteiger partial charge on any atom is 0.453 e. The zero-order valence-electron chi connectivity index (χ0n) is 10.8. The molecule has 0 aromatic carbocycles. The lowest BCUT2D eigenvalue weighted by atomic mass is 9.87. The molecule has 1 aliphatic heterocycles. The number of Topliss-reactive ketones (excluding diaryl/α,β-unsaturated/α-hetero) is 2. The van der Waals surface area contributed by atoms with E-state index in [4.69, 9.17) is 5.11 Å². The van der Waals surface area contributed by atoms with Crippen molar-refractivity contribution < 1.29 is 45.8 Å². The highest BCUT2D eigenvalue weighted by Crippen LogP contribution is 2.31. The third-order valence-electron chi connectivity index (χ3n) is 3.05. The molecule has 126 valence electrons. The second kappa shape index (κ2) is 5.50. The van der Waals surface area contributed by atoms with Gasteiger partial charge < -0.3 is 5.11 Å².